The Morgan fingerprint density at radius 1 is 1.10 bits per heavy atom. The van der Waals surface area contributed by atoms with Crippen molar-refractivity contribution in [3.63, 3.8) is 0 Å². The van der Waals surface area contributed by atoms with Gasteiger partial charge in [-0.25, -0.2) is 0 Å². The van der Waals surface area contributed by atoms with Gasteiger partial charge in [0, 0.05) is 0 Å². The zero-order valence-corrected chi connectivity index (χ0v) is 12.8. The number of carbonyl (C=O) groups excluding carboxylic acids is 1. The highest BCUT2D eigenvalue weighted by Gasteiger charge is 2.12. The molecule has 0 saturated carbocycles. The second kappa shape index (κ2) is 9.49. The maximum Gasteiger partial charge on any atom is 0.308 e. The summed E-state index contributed by atoms with van der Waals surface area (Å²) in [6.07, 6.45) is 0.143. The summed E-state index contributed by atoms with van der Waals surface area (Å²) >= 11 is 0. The number of benzene rings is 1. The molecule has 21 heavy (non-hydrogen) atoms. The average Bonchev–Trinajstić information content (AvgIpc) is 2.43. The van der Waals surface area contributed by atoms with Gasteiger partial charge in [-0.3, -0.25) is 8.98 Å². The molecule has 1 aromatic rings. The van der Waals surface area contributed by atoms with Crippen molar-refractivity contribution in [1.29, 1.82) is 0 Å². The monoisotopic (exact) mass is 316 g/mol. The number of hydrogen-bond acceptors (Lipinski definition) is 6. The van der Waals surface area contributed by atoms with E-state index in [4.69, 9.17) is 13.7 Å². The fraction of sp³-hybridized carbons (Fsp3) is 0.500. The Hall–Kier alpha value is -1.44. The molecular weight excluding hydrogens is 296 g/mol. The third-order valence-corrected chi connectivity index (χ3v) is 3.65. The highest BCUT2D eigenvalue weighted by molar-refractivity contribution is 7.85. The Morgan fingerprint density at radius 3 is 2.48 bits per heavy atom. The topological polar surface area (TPSA) is 78.9 Å². The molecule has 1 aromatic carbocycles. The first-order chi connectivity index (χ1) is 10.0. The van der Waals surface area contributed by atoms with Gasteiger partial charge in [0.2, 0.25) is 0 Å². The lowest BCUT2D eigenvalue weighted by atomic mass is 10.2. The fourth-order valence-electron chi connectivity index (χ4n) is 1.53. The quantitative estimate of drug-likeness (QED) is 0.370. The standard InChI is InChI=1S/C14H20O6S/c1-2-19-14(15)8-9-18-10-11-20-21(16,17)12-13-6-4-3-5-7-13/h3-7H,2,8-12H2,1H3. The first kappa shape index (κ1) is 17.6. The lowest BCUT2D eigenvalue weighted by Crippen LogP contribution is -2.14. The van der Waals surface area contributed by atoms with Gasteiger partial charge in [-0.2, -0.15) is 8.42 Å². The van der Waals surface area contributed by atoms with E-state index in [-0.39, 0.29) is 38.0 Å². The zero-order chi connectivity index (χ0) is 15.6. The van der Waals surface area contributed by atoms with E-state index in [1.54, 1.807) is 31.2 Å². The van der Waals surface area contributed by atoms with Crippen LogP contribution in [-0.4, -0.2) is 40.8 Å². The van der Waals surface area contributed by atoms with Crippen LogP contribution in [0.4, 0.5) is 0 Å². The SMILES string of the molecule is CCOC(=O)CCOCCOS(=O)(=O)Cc1ccccc1. The molecule has 0 aliphatic carbocycles. The first-order valence-corrected chi connectivity index (χ1v) is 8.25. The zero-order valence-electron chi connectivity index (χ0n) is 12.0. The molecule has 6 nitrogen and oxygen atoms in total. The van der Waals surface area contributed by atoms with Gasteiger partial charge >= 0.3 is 5.97 Å². The van der Waals surface area contributed by atoms with Crippen molar-refractivity contribution in [2.45, 2.75) is 19.1 Å². The van der Waals surface area contributed by atoms with Crippen LogP contribution in [0.1, 0.15) is 18.9 Å². The molecule has 118 valence electrons. The van der Waals surface area contributed by atoms with Gasteiger partial charge in [0.25, 0.3) is 10.1 Å². The van der Waals surface area contributed by atoms with E-state index >= 15 is 0 Å². The molecule has 0 N–H and O–H groups in total. The van der Waals surface area contributed by atoms with E-state index in [0.29, 0.717) is 12.2 Å². The third-order valence-electron chi connectivity index (χ3n) is 2.43. The van der Waals surface area contributed by atoms with Crippen molar-refractivity contribution in [3.8, 4) is 0 Å². The smallest absolute Gasteiger partial charge is 0.308 e. The van der Waals surface area contributed by atoms with E-state index in [2.05, 4.69) is 0 Å². The lowest BCUT2D eigenvalue weighted by molar-refractivity contribution is -0.144. The van der Waals surface area contributed by atoms with E-state index in [1.165, 1.54) is 0 Å². The average molecular weight is 316 g/mol. The molecule has 0 heterocycles. The molecule has 0 saturated heterocycles. The van der Waals surface area contributed by atoms with Gasteiger partial charge < -0.3 is 9.47 Å². The van der Waals surface area contributed by atoms with Gasteiger partial charge in [0.15, 0.2) is 0 Å². The van der Waals surface area contributed by atoms with E-state index in [1.807, 2.05) is 6.07 Å². The third kappa shape index (κ3) is 8.44. The van der Waals surface area contributed by atoms with Crippen molar-refractivity contribution < 1.29 is 26.9 Å². The van der Waals surface area contributed by atoms with Crippen LogP contribution in [0.3, 0.4) is 0 Å². The molecule has 0 aliphatic heterocycles. The van der Waals surface area contributed by atoms with Gasteiger partial charge in [0.05, 0.1) is 32.8 Å². The minimum Gasteiger partial charge on any atom is -0.466 e. The predicted molar refractivity (Wildman–Crippen MR) is 77.1 cm³/mol. The number of carbonyl (C=O) groups is 1. The van der Waals surface area contributed by atoms with Crippen molar-refractivity contribution in [2.24, 2.45) is 0 Å². The van der Waals surface area contributed by atoms with Gasteiger partial charge in [-0.1, -0.05) is 30.3 Å². The summed E-state index contributed by atoms with van der Waals surface area (Å²) in [5, 5.41) is 0. The number of esters is 1. The van der Waals surface area contributed by atoms with Crippen molar-refractivity contribution in [1.82, 2.24) is 0 Å². The summed E-state index contributed by atoms with van der Waals surface area (Å²) in [6.45, 7) is 2.27. The highest BCUT2D eigenvalue weighted by atomic mass is 32.2. The van der Waals surface area contributed by atoms with E-state index < -0.39 is 10.1 Å². The van der Waals surface area contributed by atoms with Crippen LogP contribution in [0.5, 0.6) is 0 Å². The second-order valence-electron chi connectivity index (χ2n) is 4.18. The summed E-state index contributed by atoms with van der Waals surface area (Å²) in [6, 6.07) is 8.79. The Labute approximate surface area is 125 Å². The minimum atomic E-state index is -3.62. The molecule has 0 amide bonds. The van der Waals surface area contributed by atoms with Crippen LogP contribution in [0.2, 0.25) is 0 Å². The molecule has 1 rings (SSSR count). The molecule has 0 aromatic heterocycles. The molecule has 0 bridgehead atoms. The van der Waals surface area contributed by atoms with Crippen molar-refractivity contribution in [3.05, 3.63) is 35.9 Å². The Balaban J connectivity index is 2.15. The number of ether oxygens (including phenoxy) is 2. The summed E-state index contributed by atoms with van der Waals surface area (Å²) < 4.78 is 38.0. The van der Waals surface area contributed by atoms with Gasteiger partial charge in [-0.15, -0.1) is 0 Å². The molecule has 0 aliphatic rings. The molecule has 0 atom stereocenters. The number of hydrogen-bond donors (Lipinski definition) is 0. The van der Waals surface area contributed by atoms with Crippen molar-refractivity contribution >= 4 is 16.1 Å². The first-order valence-electron chi connectivity index (χ1n) is 6.68. The maximum absolute atomic E-state index is 11.7. The summed E-state index contributed by atoms with van der Waals surface area (Å²) in [4.78, 5) is 11.0. The Bertz CT molecular complexity index is 512. The van der Waals surface area contributed by atoms with Gasteiger partial charge in [0.1, 0.15) is 5.75 Å². The summed E-state index contributed by atoms with van der Waals surface area (Å²) in [5.74, 6) is -0.508. The van der Waals surface area contributed by atoms with Crippen LogP contribution >= 0.6 is 0 Å². The predicted octanol–water partition coefficient (Wildman–Crippen LogP) is 1.50. The molecule has 0 fully saturated rings. The molecular formula is C14H20O6S. The second-order valence-corrected chi connectivity index (χ2v) is 5.82. The molecule has 0 spiro atoms. The molecule has 0 radical (unpaired) electrons. The van der Waals surface area contributed by atoms with Crippen LogP contribution in [0.25, 0.3) is 0 Å². The summed E-state index contributed by atoms with van der Waals surface area (Å²) in [5.41, 5.74) is 0.667. The largest absolute Gasteiger partial charge is 0.466 e. The summed E-state index contributed by atoms with van der Waals surface area (Å²) in [7, 11) is -3.62. The van der Waals surface area contributed by atoms with Crippen molar-refractivity contribution in [2.75, 3.05) is 26.4 Å². The van der Waals surface area contributed by atoms with E-state index in [9.17, 15) is 13.2 Å². The van der Waals surface area contributed by atoms with Crippen LogP contribution < -0.4 is 0 Å². The van der Waals surface area contributed by atoms with E-state index in [0.717, 1.165) is 0 Å². The normalized spacial score (nSPS) is 11.3. The minimum absolute atomic E-state index is 0.0714. The molecule has 0 unspecified atom stereocenters. The fourth-order valence-corrected chi connectivity index (χ4v) is 2.54. The lowest BCUT2D eigenvalue weighted by Gasteiger charge is -2.06. The van der Waals surface area contributed by atoms with Crippen LogP contribution in [0, 0.1) is 0 Å². The maximum atomic E-state index is 11.7. The van der Waals surface area contributed by atoms with Gasteiger partial charge in [-0.05, 0) is 12.5 Å². The highest BCUT2D eigenvalue weighted by Crippen LogP contribution is 2.06. The molecule has 7 heteroatoms. The Kier molecular flexibility index (Phi) is 7.96. The van der Waals surface area contributed by atoms with Crippen LogP contribution in [-0.2, 0) is 34.3 Å². The number of rotatable bonds is 10. The Morgan fingerprint density at radius 2 is 1.81 bits per heavy atom. The van der Waals surface area contributed by atoms with Crippen LogP contribution in [0.15, 0.2) is 30.3 Å².